The van der Waals surface area contributed by atoms with E-state index < -0.39 is 0 Å². The molecule has 0 atom stereocenters. The monoisotopic (exact) mass is 261 g/mol. The molecule has 0 saturated carbocycles. The Balaban J connectivity index is 1.47. The lowest BCUT2D eigenvalue weighted by Gasteiger charge is -2.05. The van der Waals surface area contributed by atoms with Crippen molar-refractivity contribution in [1.82, 2.24) is 14.9 Å². The highest BCUT2D eigenvalue weighted by atomic mass is 32.2. The van der Waals surface area contributed by atoms with Gasteiger partial charge in [-0.05, 0) is 25.1 Å². The van der Waals surface area contributed by atoms with E-state index in [9.17, 15) is 0 Å². The molecule has 0 amide bonds. The molecule has 0 bridgehead atoms. The topological polar surface area (TPSA) is 29.9 Å². The van der Waals surface area contributed by atoms with Gasteiger partial charge in [0.05, 0.1) is 6.33 Å². The van der Waals surface area contributed by atoms with Crippen LogP contribution in [0, 0.1) is 0 Å². The van der Waals surface area contributed by atoms with Crippen molar-refractivity contribution < 1.29 is 0 Å². The van der Waals surface area contributed by atoms with Crippen LogP contribution in [0.25, 0.3) is 0 Å². The first kappa shape index (κ1) is 13.2. The number of benzene rings is 1. The van der Waals surface area contributed by atoms with Crippen LogP contribution in [0.2, 0.25) is 0 Å². The third kappa shape index (κ3) is 4.94. The zero-order valence-corrected chi connectivity index (χ0v) is 11.3. The van der Waals surface area contributed by atoms with Crippen LogP contribution in [0.5, 0.6) is 0 Å². The molecule has 0 unspecified atom stereocenters. The Kier molecular flexibility index (Phi) is 5.82. The Morgan fingerprint density at radius 3 is 2.83 bits per heavy atom. The van der Waals surface area contributed by atoms with Crippen LogP contribution in [0.15, 0.2) is 53.9 Å². The highest BCUT2D eigenvalue weighted by Crippen LogP contribution is 2.15. The van der Waals surface area contributed by atoms with E-state index in [2.05, 4.69) is 45.2 Å². The molecule has 96 valence electrons. The predicted molar refractivity (Wildman–Crippen MR) is 76.9 cm³/mol. The Labute approximate surface area is 113 Å². The lowest BCUT2D eigenvalue weighted by Crippen LogP contribution is -2.19. The van der Waals surface area contributed by atoms with Crippen LogP contribution in [0.1, 0.15) is 6.42 Å². The molecule has 0 fully saturated rings. The van der Waals surface area contributed by atoms with E-state index in [1.165, 1.54) is 4.90 Å². The van der Waals surface area contributed by atoms with Crippen molar-refractivity contribution in [2.75, 3.05) is 18.8 Å². The van der Waals surface area contributed by atoms with E-state index in [0.29, 0.717) is 0 Å². The molecule has 0 aliphatic rings. The fourth-order valence-electron chi connectivity index (χ4n) is 1.69. The number of nitrogens with one attached hydrogen (secondary N) is 1. The smallest absolute Gasteiger partial charge is 0.0945 e. The average molecular weight is 261 g/mol. The molecule has 1 aromatic heterocycles. The number of nitrogens with zero attached hydrogens (tertiary/aromatic N) is 2. The number of imidazole rings is 1. The molecule has 0 spiro atoms. The number of hydrogen-bond acceptors (Lipinski definition) is 3. The van der Waals surface area contributed by atoms with E-state index in [-0.39, 0.29) is 0 Å². The van der Waals surface area contributed by atoms with Crippen molar-refractivity contribution in [3.8, 4) is 0 Å². The largest absolute Gasteiger partial charge is 0.337 e. The van der Waals surface area contributed by atoms with Gasteiger partial charge in [0.25, 0.3) is 0 Å². The van der Waals surface area contributed by atoms with E-state index in [1.807, 2.05) is 30.5 Å². The summed E-state index contributed by atoms with van der Waals surface area (Å²) >= 11 is 1.90. The van der Waals surface area contributed by atoms with Gasteiger partial charge in [-0.1, -0.05) is 18.2 Å². The summed E-state index contributed by atoms with van der Waals surface area (Å²) in [6.07, 6.45) is 6.84. The third-order valence-electron chi connectivity index (χ3n) is 2.62. The number of hydrogen-bond donors (Lipinski definition) is 1. The quantitative estimate of drug-likeness (QED) is 0.585. The molecule has 2 aromatic rings. The van der Waals surface area contributed by atoms with Crippen LogP contribution < -0.4 is 5.32 Å². The molecule has 0 saturated heterocycles. The van der Waals surface area contributed by atoms with E-state index in [0.717, 1.165) is 31.8 Å². The fourth-order valence-corrected chi connectivity index (χ4v) is 2.52. The summed E-state index contributed by atoms with van der Waals surface area (Å²) in [6, 6.07) is 10.5. The lowest BCUT2D eigenvalue weighted by atomic mass is 10.4. The predicted octanol–water partition coefficient (Wildman–Crippen LogP) is 2.66. The molecule has 0 aliphatic carbocycles. The van der Waals surface area contributed by atoms with Crippen LogP contribution in [-0.2, 0) is 6.54 Å². The van der Waals surface area contributed by atoms with Gasteiger partial charge in [0, 0.05) is 36.1 Å². The minimum absolute atomic E-state index is 1.04. The van der Waals surface area contributed by atoms with Crippen LogP contribution >= 0.6 is 11.8 Å². The number of aromatic nitrogens is 2. The lowest BCUT2D eigenvalue weighted by molar-refractivity contribution is 0.593. The normalized spacial score (nSPS) is 10.7. The molecule has 3 nitrogen and oxygen atoms in total. The van der Waals surface area contributed by atoms with Gasteiger partial charge in [-0.25, -0.2) is 4.98 Å². The summed E-state index contributed by atoms with van der Waals surface area (Å²) in [5, 5.41) is 3.46. The summed E-state index contributed by atoms with van der Waals surface area (Å²) in [5.74, 6) is 1.12. The Morgan fingerprint density at radius 1 is 1.17 bits per heavy atom. The van der Waals surface area contributed by atoms with E-state index in [4.69, 9.17) is 0 Å². The van der Waals surface area contributed by atoms with Gasteiger partial charge in [-0.3, -0.25) is 0 Å². The molecule has 0 aliphatic heterocycles. The minimum Gasteiger partial charge on any atom is -0.337 e. The second-order valence-corrected chi connectivity index (χ2v) is 5.23. The third-order valence-corrected chi connectivity index (χ3v) is 3.63. The van der Waals surface area contributed by atoms with Crippen molar-refractivity contribution in [3.05, 3.63) is 49.1 Å². The number of aryl methyl sites for hydroxylation is 1. The first-order valence-electron chi connectivity index (χ1n) is 6.29. The summed E-state index contributed by atoms with van der Waals surface area (Å²) < 4.78 is 2.11. The Morgan fingerprint density at radius 2 is 2.06 bits per heavy atom. The summed E-state index contributed by atoms with van der Waals surface area (Å²) in [5.41, 5.74) is 0. The highest BCUT2D eigenvalue weighted by molar-refractivity contribution is 7.99. The highest BCUT2D eigenvalue weighted by Gasteiger charge is 1.93. The molecule has 4 heteroatoms. The SMILES string of the molecule is c1ccc(SCCNCCCn2ccnc2)cc1. The zero-order valence-electron chi connectivity index (χ0n) is 10.5. The van der Waals surface area contributed by atoms with Gasteiger partial charge in [0.15, 0.2) is 0 Å². The second kappa shape index (κ2) is 7.95. The van der Waals surface area contributed by atoms with E-state index in [1.54, 1.807) is 0 Å². The molecule has 1 aromatic carbocycles. The number of thioether (sulfide) groups is 1. The van der Waals surface area contributed by atoms with Gasteiger partial charge in [0.1, 0.15) is 0 Å². The van der Waals surface area contributed by atoms with E-state index >= 15 is 0 Å². The van der Waals surface area contributed by atoms with Crippen molar-refractivity contribution in [3.63, 3.8) is 0 Å². The summed E-state index contributed by atoms with van der Waals surface area (Å²) in [7, 11) is 0. The number of rotatable bonds is 8. The standard InChI is InChI=1S/C14H19N3S/c1-2-5-14(6-3-1)18-12-9-15-7-4-10-17-11-8-16-13-17/h1-3,5-6,8,11,13,15H,4,7,9-10,12H2. The molecule has 0 radical (unpaired) electrons. The molecule has 1 N–H and O–H groups in total. The molecule has 2 rings (SSSR count). The van der Waals surface area contributed by atoms with Gasteiger partial charge in [-0.2, -0.15) is 0 Å². The van der Waals surface area contributed by atoms with Crippen LogP contribution in [-0.4, -0.2) is 28.4 Å². The Bertz CT molecular complexity index is 414. The van der Waals surface area contributed by atoms with Crippen molar-refractivity contribution in [2.45, 2.75) is 17.9 Å². The fraction of sp³-hybridized carbons (Fsp3) is 0.357. The van der Waals surface area contributed by atoms with Crippen molar-refractivity contribution >= 4 is 11.8 Å². The van der Waals surface area contributed by atoms with Crippen molar-refractivity contribution in [2.24, 2.45) is 0 Å². The molecule has 1 heterocycles. The maximum Gasteiger partial charge on any atom is 0.0945 e. The maximum atomic E-state index is 4.02. The van der Waals surface area contributed by atoms with Gasteiger partial charge >= 0.3 is 0 Å². The summed E-state index contributed by atoms with van der Waals surface area (Å²) in [4.78, 5) is 5.37. The second-order valence-electron chi connectivity index (χ2n) is 4.07. The maximum absolute atomic E-state index is 4.02. The summed E-state index contributed by atoms with van der Waals surface area (Å²) in [6.45, 7) is 3.16. The van der Waals surface area contributed by atoms with Crippen LogP contribution in [0.3, 0.4) is 0 Å². The van der Waals surface area contributed by atoms with Crippen LogP contribution in [0.4, 0.5) is 0 Å². The molecular weight excluding hydrogens is 242 g/mol. The molecular formula is C14H19N3S. The van der Waals surface area contributed by atoms with Gasteiger partial charge < -0.3 is 9.88 Å². The zero-order chi connectivity index (χ0) is 12.5. The minimum atomic E-state index is 1.04. The Hall–Kier alpha value is -1.26. The first-order valence-corrected chi connectivity index (χ1v) is 7.28. The average Bonchev–Trinajstić information content (AvgIpc) is 2.92. The molecule has 18 heavy (non-hydrogen) atoms. The van der Waals surface area contributed by atoms with Crippen molar-refractivity contribution in [1.29, 1.82) is 0 Å². The first-order chi connectivity index (χ1) is 8.95. The van der Waals surface area contributed by atoms with Gasteiger partial charge in [0.2, 0.25) is 0 Å². The van der Waals surface area contributed by atoms with Gasteiger partial charge in [-0.15, -0.1) is 11.8 Å².